The Morgan fingerprint density at radius 2 is 2.19 bits per heavy atom. The molecule has 0 spiro atoms. The van der Waals surface area contributed by atoms with Crippen molar-refractivity contribution in [3.8, 4) is 0 Å². The molecule has 1 aromatic rings. The SMILES string of the molecule is CCc1ccccc1NC(COC)C(=O)O. The Bertz CT molecular complexity index is 352. The van der Waals surface area contributed by atoms with Gasteiger partial charge in [0.25, 0.3) is 0 Å². The van der Waals surface area contributed by atoms with E-state index in [4.69, 9.17) is 9.84 Å². The number of carboxylic acids is 1. The monoisotopic (exact) mass is 223 g/mol. The number of hydrogen-bond donors (Lipinski definition) is 2. The Morgan fingerprint density at radius 3 is 2.75 bits per heavy atom. The maximum atomic E-state index is 11.0. The first-order chi connectivity index (χ1) is 7.69. The van der Waals surface area contributed by atoms with Crippen LogP contribution >= 0.6 is 0 Å². The van der Waals surface area contributed by atoms with E-state index >= 15 is 0 Å². The summed E-state index contributed by atoms with van der Waals surface area (Å²) in [6, 6.07) is 6.97. The molecule has 0 saturated heterocycles. The molecule has 2 N–H and O–H groups in total. The van der Waals surface area contributed by atoms with Crippen molar-refractivity contribution in [2.75, 3.05) is 19.0 Å². The molecular formula is C12H17NO3. The van der Waals surface area contributed by atoms with Crippen LogP contribution in [0.4, 0.5) is 5.69 Å². The van der Waals surface area contributed by atoms with E-state index in [1.807, 2.05) is 31.2 Å². The first-order valence-corrected chi connectivity index (χ1v) is 5.25. The van der Waals surface area contributed by atoms with Crippen molar-refractivity contribution in [3.63, 3.8) is 0 Å². The summed E-state index contributed by atoms with van der Waals surface area (Å²) in [6.07, 6.45) is 0.864. The Balaban J connectivity index is 2.80. The summed E-state index contributed by atoms with van der Waals surface area (Å²) in [4.78, 5) is 11.0. The lowest BCUT2D eigenvalue weighted by Crippen LogP contribution is -2.33. The maximum Gasteiger partial charge on any atom is 0.328 e. The highest BCUT2D eigenvalue weighted by Crippen LogP contribution is 2.16. The molecule has 0 fully saturated rings. The van der Waals surface area contributed by atoms with Gasteiger partial charge in [0.2, 0.25) is 0 Å². The molecule has 0 bridgehead atoms. The van der Waals surface area contributed by atoms with Gasteiger partial charge in [0, 0.05) is 12.8 Å². The highest BCUT2D eigenvalue weighted by atomic mass is 16.5. The molecular weight excluding hydrogens is 206 g/mol. The minimum absolute atomic E-state index is 0.146. The van der Waals surface area contributed by atoms with E-state index in [2.05, 4.69) is 5.32 Å². The van der Waals surface area contributed by atoms with Crippen LogP contribution in [-0.4, -0.2) is 30.8 Å². The number of aliphatic carboxylic acids is 1. The van der Waals surface area contributed by atoms with Crippen LogP contribution in [0.25, 0.3) is 0 Å². The van der Waals surface area contributed by atoms with Gasteiger partial charge in [-0.15, -0.1) is 0 Å². The third-order valence-corrected chi connectivity index (χ3v) is 2.36. The lowest BCUT2D eigenvalue weighted by atomic mass is 10.1. The summed E-state index contributed by atoms with van der Waals surface area (Å²) >= 11 is 0. The van der Waals surface area contributed by atoms with Gasteiger partial charge in [0.1, 0.15) is 6.04 Å². The van der Waals surface area contributed by atoms with Crippen molar-refractivity contribution in [3.05, 3.63) is 29.8 Å². The zero-order chi connectivity index (χ0) is 12.0. The smallest absolute Gasteiger partial charge is 0.328 e. The van der Waals surface area contributed by atoms with Crippen molar-refractivity contribution in [2.45, 2.75) is 19.4 Å². The van der Waals surface area contributed by atoms with Gasteiger partial charge < -0.3 is 15.2 Å². The number of para-hydroxylation sites is 1. The van der Waals surface area contributed by atoms with E-state index in [-0.39, 0.29) is 6.61 Å². The number of benzene rings is 1. The summed E-state index contributed by atoms with van der Waals surface area (Å²) in [5.74, 6) is -0.909. The summed E-state index contributed by atoms with van der Waals surface area (Å²) in [7, 11) is 1.49. The minimum Gasteiger partial charge on any atom is -0.480 e. The van der Waals surface area contributed by atoms with Crippen molar-refractivity contribution >= 4 is 11.7 Å². The molecule has 16 heavy (non-hydrogen) atoms. The Hall–Kier alpha value is -1.55. The molecule has 0 saturated carbocycles. The quantitative estimate of drug-likeness (QED) is 0.771. The van der Waals surface area contributed by atoms with Crippen molar-refractivity contribution in [2.24, 2.45) is 0 Å². The van der Waals surface area contributed by atoms with Crippen LogP contribution in [0, 0.1) is 0 Å². The zero-order valence-electron chi connectivity index (χ0n) is 9.56. The number of rotatable bonds is 6. The third-order valence-electron chi connectivity index (χ3n) is 2.36. The third kappa shape index (κ3) is 3.24. The van der Waals surface area contributed by atoms with E-state index in [0.717, 1.165) is 17.7 Å². The minimum atomic E-state index is -0.909. The molecule has 0 aliphatic rings. The van der Waals surface area contributed by atoms with E-state index < -0.39 is 12.0 Å². The van der Waals surface area contributed by atoms with Gasteiger partial charge in [0.15, 0.2) is 0 Å². The first-order valence-electron chi connectivity index (χ1n) is 5.25. The van der Waals surface area contributed by atoms with Crippen molar-refractivity contribution in [1.82, 2.24) is 0 Å². The number of hydrogen-bond acceptors (Lipinski definition) is 3. The van der Waals surface area contributed by atoms with E-state index in [1.165, 1.54) is 7.11 Å². The lowest BCUT2D eigenvalue weighted by Gasteiger charge is -2.17. The normalized spacial score (nSPS) is 12.1. The van der Waals surface area contributed by atoms with Crippen LogP contribution in [0.2, 0.25) is 0 Å². The van der Waals surface area contributed by atoms with Crippen LogP contribution in [0.15, 0.2) is 24.3 Å². The molecule has 1 rings (SSSR count). The van der Waals surface area contributed by atoms with E-state index in [1.54, 1.807) is 0 Å². The average molecular weight is 223 g/mol. The van der Waals surface area contributed by atoms with Gasteiger partial charge in [-0.1, -0.05) is 25.1 Å². The molecule has 1 aromatic carbocycles. The summed E-state index contributed by atoms with van der Waals surface area (Å²) in [5.41, 5.74) is 1.96. The number of nitrogens with one attached hydrogen (secondary N) is 1. The zero-order valence-corrected chi connectivity index (χ0v) is 9.56. The summed E-state index contributed by atoms with van der Waals surface area (Å²) < 4.78 is 4.87. The molecule has 0 amide bonds. The van der Waals surface area contributed by atoms with Gasteiger partial charge in [-0.2, -0.15) is 0 Å². The van der Waals surface area contributed by atoms with E-state index in [9.17, 15) is 4.79 Å². The van der Waals surface area contributed by atoms with Gasteiger partial charge >= 0.3 is 5.97 Å². The number of aryl methyl sites for hydroxylation is 1. The fourth-order valence-electron chi connectivity index (χ4n) is 1.50. The molecule has 1 atom stereocenters. The standard InChI is InChI=1S/C12H17NO3/c1-3-9-6-4-5-7-10(9)13-11(8-16-2)12(14)15/h4-7,11,13H,3,8H2,1-2H3,(H,14,15). The molecule has 4 nitrogen and oxygen atoms in total. The lowest BCUT2D eigenvalue weighted by molar-refractivity contribution is -0.139. The molecule has 88 valence electrons. The number of methoxy groups -OCH3 is 1. The second-order valence-electron chi connectivity index (χ2n) is 3.50. The summed E-state index contributed by atoms with van der Waals surface area (Å²) in [6.45, 7) is 2.18. The number of carbonyl (C=O) groups is 1. The maximum absolute atomic E-state index is 11.0. The van der Waals surface area contributed by atoms with Crippen molar-refractivity contribution < 1.29 is 14.6 Å². The van der Waals surface area contributed by atoms with Crippen LogP contribution in [0.5, 0.6) is 0 Å². The number of carboxylic acid groups (broad SMARTS) is 1. The van der Waals surface area contributed by atoms with Crippen LogP contribution in [0.1, 0.15) is 12.5 Å². The number of ether oxygens (including phenoxy) is 1. The molecule has 0 aliphatic heterocycles. The van der Waals surface area contributed by atoms with Gasteiger partial charge in [0.05, 0.1) is 6.61 Å². The molecule has 0 aliphatic carbocycles. The molecule has 0 heterocycles. The van der Waals surface area contributed by atoms with Gasteiger partial charge in [-0.05, 0) is 18.1 Å². The highest BCUT2D eigenvalue weighted by molar-refractivity contribution is 5.78. The predicted molar refractivity (Wildman–Crippen MR) is 62.7 cm³/mol. The largest absolute Gasteiger partial charge is 0.480 e. The second-order valence-corrected chi connectivity index (χ2v) is 3.50. The topological polar surface area (TPSA) is 58.6 Å². The molecule has 0 radical (unpaired) electrons. The summed E-state index contributed by atoms with van der Waals surface area (Å²) in [5, 5.41) is 12.0. The van der Waals surface area contributed by atoms with Gasteiger partial charge in [-0.25, -0.2) is 4.79 Å². The van der Waals surface area contributed by atoms with Crippen LogP contribution in [-0.2, 0) is 16.0 Å². The Kier molecular flexibility index (Phi) is 4.79. The fourth-order valence-corrected chi connectivity index (χ4v) is 1.50. The van der Waals surface area contributed by atoms with Crippen molar-refractivity contribution in [1.29, 1.82) is 0 Å². The van der Waals surface area contributed by atoms with Crippen LogP contribution in [0.3, 0.4) is 0 Å². The molecule has 0 aromatic heterocycles. The Morgan fingerprint density at radius 1 is 1.50 bits per heavy atom. The van der Waals surface area contributed by atoms with E-state index in [0.29, 0.717) is 0 Å². The Labute approximate surface area is 95.2 Å². The number of anilines is 1. The first kappa shape index (κ1) is 12.5. The second kappa shape index (κ2) is 6.12. The molecule has 4 heteroatoms. The van der Waals surface area contributed by atoms with Crippen LogP contribution < -0.4 is 5.32 Å². The predicted octanol–water partition coefficient (Wildman–Crippen LogP) is 1.76. The highest BCUT2D eigenvalue weighted by Gasteiger charge is 2.17. The molecule has 1 unspecified atom stereocenters. The average Bonchev–Trinajstić information content (AvgIpc) is 2.29. The van der Waals surface area contributed by atoms with Gasteiger partial charge in [-0.3, -0.25) is 0 Å². The fraction of sp³-hybridized carbons (Fsp3) is 0.417.